The smallest absolute Gasteiger partial charge is 0.166 e. The largest absolute Gasteiger partial charge is 0.398 e. The van der Waals surface area contributed by atoms with Crippen LogP contribution < -0.4 is 5.73 Å². The minimum Gasteiger partial charge on any atom is -0.398 e. The maximum atomic E-state index is 11.7. The van der Waals surface area contributed by atoms with E-state index >= 15 is 0 Å². The summed E-state index contributed by atoms with van der Waals surface area (Å²) >= 11 is 9.16. The predicted octanol–water partition coefficient (Wildman–Crippen LogP) is 2.90. The number of nitrogens with two attached hydrogens (primary N) is 1. The van der Waals surface area contributed by atoms with Gasteiger partial charge in [0.25, 0.3) is 0 Å². The van der Waals surface area contributed by atoms with Gasteiger partial charge in [0.2, 0.25) is 0 Å². The van der Waals surface area contributed by atoms with E-state index in [1.807, 2.05) is 0 Å². The second kappa shape index (κ2) is 5.49. The summed E-state index contributed by atoms with van der Waals surface area (Å²) in [5.41, 5.74) is 6.61. The Hall–Kier alpha value is -0.580. The Morgan fingerprint density at radius 3 is 2.87 bits per heavy atom. The van der Waals surface area contributed by atoms with Gasteiger partial charge in [-0.25, -0.2) is 0 Å². The number of ether oxygens (including phenoxy) is 1. The first-order valence-corrected chi connectivity index (χ1v) is 5.50. The lowest BCUT2D eigenvalue weighted by Gasteiger charge is -2.06. The first-order valence-electron chi connectivity index (χ1n) is 4.33. The van der Waals surface area contributed by atoms with E-state index in [9.17, 15) is 4.79 Å². The third kappa shape index (κ3) is 3.19. The summed E-state index contributed by atoms with van der Waals surface area (Å²) < 4.78 is 5.51. The van der Waals surface area contributed by atoms with Crippen LogP contribution in [0.1, 0.15) is 16.8 Å². The van der Waals surface area contributed by atoms with Gasteiger partial charge in [0.15, 0.2) is 5.78 Å². The van der Waals surface area contributed by atoms with Gasteiger partial charge in [0, 0.05) is 29.3 Å². The van der Waals surface area contributed by atoms with Gasteiger partial charge in [-0.15, -0.1) is 0 Å². The summed E-state index contributed by atoms with van der Waals surface area (Å²) in [6.07, 6.45) is 0.303. The van der Waals surface area contributed by atoms with Crippen LogP contribution in [0.2, 0.25) is 5.02 Å². The van der Waals surface area contributed by atoms with Crippen LogP contribution in [0, 0.1) is 0 Å². The maximum Gasteiger partial charge on any atom is 0.166 e. The van der Waals surface area contributed by atoms with Gasteiger partial charge in [0.1, 0.15) is 0 Å². The van der Waals surface area contributed by atoms with Crippen molar-refractivity contribution >= 4 is 39.0 Å². The Balaban J connectivity index is 2.94. The molecule has 82 valence electrons. The van der Waals surface area contributed by atoms with Gasteiger partial charge in [-0.2, -0.15) is 0 Å². The molecule has 0 bridgehead atoms. The third-order valence-corrected chi connectivity index (χ3v) is 2.92. The zero-order valence-electron chi connectivity index (χ0n) is 8.22. The molecule has 0 saturated carbocycles. The van der Waals surface area contributed by atoms with Crippen LogP contribution in [0.3, 0.4) is 0 Å². The van der Waals surface area contributed by atoms with Gasteiger partial charge in [-0.05, 0) is 28.1 Å². The SMILES string of the molecule is COCCC(=O)c1cc(N)c(Br)cc1Cl. The van der Waals surface area contributed by atoms with Crippen molar-refractivity contribution in [3.05, 3.63) is 27.2 Å². The molecule has 0 amide bonds. The second-order valence-electron chi connectivity index (χ2n) is 3.02. The fourth-order valence-corrected chi connectivity index (χ4v) is 1.85. The molecular formula is C10H11BrClNO2. The Morgan fingerprint density at radius 2 is 2.27 bits per heavy atom. The number of hydrogen-bond donors (Lipinski definition) is 1. The van der Waals surface area contributed by atoms with Crippen molar-refractivity contribution < 1.29 is 9.53 Å². The lowest BCUT2D eigenvalue weighted by molar-refractivity contribution is 0.0932. The van der Waals surface area contributed by atoms with Crippen LogP contribution in [0.15, 0.2) is 16.6 Å². The number of nitrogen functional groups attached to an aromatic ring is 1. The number of methoxy groups -OCH3 is 1. The quantitative estimate of drug-likeness (QED) is 0.686. The molecule has 0 unspecified atom stereocenters. The molecule has 5 heteroatoms. The molecule has 0 aliphatic rings. The van der Waals surface area contributed by atoms with Crippen LogP contribution in [-0.4, -0.2) is 19.5 Å². The van der Waals surface area contributed by atoms with Crippen molar-refractivity contribution in [2.45, 2.75) is 6.42 Å². The normalized spacial score (nSPS) is 10.3. The van der Waals surface area contributed by atoms with Crippen molar-refractivity contribution in [3.63, 3.8) is 0 Å². The molecule has 1 aromatic rings. The van der Waals surface area contributed by atoms with Crippen LogP contribution >= 0.6 is 27.5 Å². The summed E-state index contributed by atoms with van der Waals surface area (Å²) in [5.74, 6) is -0.0685. The average Bonchev–Trinajstić information content (AvgIpc) is 2.20. The Bertz CT molecular complexity index is 382. The minimum atomic E-state index is -0.0685. The lowest BCUT2D eigenvalue weighted by atomic mass is 10.1. The molecule has 1 rings (SSSR count). The van der Waals surface area contributed by atoms with E-state index in [4.69, 9.17) is 22.1 Å². The highest BCUT2D eigenvalue weighted by atomic mass is 79.9. The number of hydrogen-bond acceptors (Lipinski definition) is 3. The fourth-order valence-electron chi connectivity index (χ4n) is 1.11. The Labute approximate surface area is 102 Å². The van der Waals surface area contributed by atoms with E-state index in [-0.39, 0.29) is 5.78 Å². The molecule has 0 atom stereocenters. The summed E-state index contributed by atoms with van der Waals surface area (Å²) in [6.45, 7) is 0.380. The first kappa shape index (κ1) is 12.5. The summed E-state index contributed by atoms with van der Waals surface area (Å²) in [7, 11) is 1.55. The number of carbonyl (C=O) groups is 1. The summed E-state index contributed by atoms with van der Waals surface area (Å²) in [5, 5.41) is 0.400. The molecule has 2 N–H and O–H groups in total. The van der Waals surface area contributed by atoms with E-state index in [0.29, 0.717) is 33.8 Å². The second-order valence-corrected chi connectivity index (χ2v) is 4.28. The van der Waals surface area contributed by atoms with Crippen LogP contribution in [0.25, 0.3) is 0 Å². The molecule has 0 heterocycles. The number of halogens is 2. The van der Waals surface area contributed by atoms with Crippen molar-refractivity contribution in [2.75, 3.05) is 19.5 Å². The van der Waals surface area contributed by atoms with Crippen molar-refractivity contribution in [1.82, 2.24) is 0 Å². The number of benzene rings is 1. The highest BCUT2D eigenvalue weighted by Gasteiger charge is 2.12. The van der Waals surface area contributed by atoms with E-state index in [2.05, 4.69) is 15.9 Å². The maximum absolute atomic E-state index is 11.7. The topological polar surface area (TPSA) is 52.3 Å². The standard InChI is InChI=1S/C10H11BrClNO2/c1-15-3-2-10(14)6-4-9(13)7(11)5-8(6)12/h4-5H,2-3,13H2,1H3. The zero-order chi connectivity index (χ0) is 11.4. The van der Waals surface area contributed by atoms with Gasteiger partial charge >= 0.3 is 0 Å². The van der Waals surface area contributed by atoms with Gasteiger partial charge in [-0.1, -0.05) is 11.6 Å². The van der Waals surface area contributed by atoms with Gasteiger partial charge < -0.3 is 10.5 Å². The van der Waals surface area contributed by atoms with E-state index in [1.54, 1.807) is 19.2 Å². The van der Waals surface area contributed by atoms with Gasteiger partial charge in [0.05, 0.1) is 11.6 Å². The molecule has 0 aliphatic heterocycles. The van der Waals surface area contributed by atoms with Crippen LogP contribution in [0.5, 0.6) is 0 Å². The summed E-state index contributed by atoms with van der Waals surface area (Å²) in [6, 6.07) is 3.20. The van der Waals surface area contributed by atoms with Crippen molar-refractivity contribution in [3.8, 4) is 0 Å². The number of anilines is 1. The molecule has 0 aromatic heterocycles. The molecule has 1 aromatic carbocycles. The van der Waals surface area contributed by atoms with Crippen molar-refractivity contribution in [1.29, 1.82) is 0 Å². The number of ketones is 1. The third-order valence-electron chi connectivity index (χ3n) is 1.92. The molecule has 0 radical (unpaired) electrons. The van der Waals surface area contributed by atoms with Gasteiger partial charge in [-0.3, -0.25) is 4.79 Å². The van der Waals surface area contributed by atoms with Crippen molar-refractivity contribution in [2.24, 2.45) is 0 Å². The molecule has 0 spiro atoms. The highest BCUT2D eigenvalue weighted by molar-refractivity contribution is 9.10. The highest BCUT2D eigenvalue weighted by Crippen LogP contribution is 2.28. The molecule has 0 saturated heterocycles. The van der Waals surface area contributed by atoms with E-state index in [0.717, 1.165) is 0 Å². The summed E-state index contributed by atoms with van der Waals surface area (Å²) in [4.78, 5) is 11.7. The number of carbonyl (C=O) groups excluding carboxylic acids is 1. The number of Topliss-reactive ketones (excluding diaryl/α,β-unsaturated/α-hetero) is 1. The lowest BCUT2D eigenvalue weighted by Crippen LogP contribution is -2.05. The molecule has 3 nitrogen and oxygen atoms in total. The average molecular weight is 293 g/mol. The Morgan fingerprint density at radius 1 is 1.60 bits per heavy atom. The monoisotopic (exact) mass is 291 g/mol. The van der Waals surface area contributed by atoms with E-state index in [1.165, 1.54) is 0 Å². The molecule has 0 aliphatic carbocycles. The fraction of sp³-hybridized carbons (Fsp3) is 0.300. The Kier molecular flexibility index (Phi) is 4.57. The zero-order valence-corrected chi connectivity index (χ0v) is 10.6. The number of rotatable bonds is 4. The molecular weight excluding hydrogens is 281 g/mol. The first-order chi connectivity index (χ1) is 7.06. The minimum absolute atomic E-state index is 0.0685. The molecule has 0 fully saturated rings. The van der Waals surface area contributed by atoms with E-state index < -0.39 is 0 Å². The predicted molar refractivity (Wildman–Crippen MR) is 64.4 cm³/mol. The van der Waals surface area contributed by atoms with Crippen LogP contribution in [-0.2, 0) is 4.74 Å². The van der Waals surface area contributed by atoms with Crippen LogP contribution in [0.4, 0.5) is 5.69 Å². The molecule has 15 heavy (non-hydrogen) atoms.